The number of nitrogens with one attached hydrogen (secondary N) is 1. The van der Waals surface area contributed by atoms with Crippen molar-refractivity contribution in [3.63, 3.8) is 0 Å². The van der Waals surface area contributed by atoms with Crippen LogP contribution in [-0.4, -0.2) is 15.6 Å². The fraction of sp³-hybridized carbons (Fsp3) is 0.0909. The summed E-state index contributed by atoms with van der Waals surface area (Å²) in [5.74, 6) is 0. The minimum absolute atomic E-state index is 0.151. The van der Waals surface area contributed by atoms with Crippen LogP contribution in [-0.2, 0) is 0 Å². The average molecular weight is 231 g/mol. The lowest BCUT2D eigenvalue weighted by atomic mass is 10.3. The number of hydrogen-bond acceptors (Lipinski definition) is 3. The molecule has 0 spiro atoms. The van der Waals surface area contributed by atoms with Gasteiger partial charge in [-0.15, -0.1) is 0 Å². The second-order valence-corrected chi connectivity index (χ2v) is 4.56. The third-order valence-corrected chi connectivity index (χ3v) is 3.49. The highest BCUT2D eigenvalue weighted by Crippen LogP contribution is 2.35. The number of benzene rings is 1. The molecule has 1 amide bonds. The number of carbonyl (C=O) groups is 1. The molecule has 4 nitrogen and oxygen atoms in total. The summed E-state index contributed by atoms with van der Waals surface area (Å²) in [6, 6.07) is 7.56. The molecular weight excluding hydrogens is 222 g/mol. The first-order valence-corrected chi connectivity index (χ1v) is 5.70. The van der Waals surface area contributed by atoms with Crippen LogP contribution in [0.15, 0.2) is 40.5 Å². The van der Waals surface area contributed by atoms with Crippen molar-refractivity contribution in [2.75, 3.05) is 5.32 Å². The molecule has 0 fully saturated rings. The quantitative estimate of drug-likeness (QED) is 0.758. The monoisotopic (exact) mass is 231 g/mol. The fourth-order valence-electron chi connectivity index (χ4n) is 1.66. The Labute approximate surface area is 96.7 Å². The lowest BCUT2D eigenvalue weighted by Gasteiger charge is -2.05. The molecule has 1 aromatic heterocycles. The van der Waals surface area contributed by atoms with E-state index in [2.05, 4.69) is 10.3 Å². The molecule has 0 saturated carbocycles. The maximum Gasteiger partial charge on any atom is 0.332 e. The minimum Gasteiger partial charge on any atom is -0.306 e. The molecule has 1 aliphatic heterocycles. The summed E-state index contributed by atoms with van der Waals surface area (Å²) >= 11 is 1.50. The Bertz CT molecular complexity index is 576. The third-order valence-electron chi connectivity index (χ3n) is 2.44. The number of anilines is 1. The van der Waals surface area contributed by atoms with Crippen molar-refractivity contribution in [2.24, 2.45) is 0 Å². The summed E-state index contributed by atoms with van der Waals surface area (Å²) in [6.07, 6.45) is 1.70. The third kappa shape index (κ3) is 1.32. The van der Waals surface area contributed by atoms with E-state index >= 15 is 0 Å². The van der Waals surface area contributed by atoms with Gasteiger partial charge in [-0.3, -0.25) is 0 Å². The summed E-state index contributed by atoms with van der Waals surface area (Å²) in [4.78, 5) is 17.2. The van der Waals surface area contributed by atoms with Crippen LogP contribution >= 0.6 is 11.8 Å². The van der Waals surface area contributed by atoms with Crippen molar-refractivity contribution < 1.29 is 4.79 Å². The second kappa shape index (κ2) is 3.38. The molecule has 1 N–H and O–H groups in total. The smallest absolute Gasteiger partial charge is 0.306 e. The number of para-hydroxylation sites is 1. The molecule has 0 aliphatic carbocycles. The van der Waals surface area contributed by atoms with Crippen molar-refractivity contribution in [1.82, 2.24) is 9.55 Å². The van der Waals surface area contributed by atoms with Gasteiger partial charge < -0.3 is 5.32 Å². The number of rotatable bonds is 0. The van der Waals surface area contributed by atoms with Crippen LogP contribution < -0.4 is 5.32 Å². The Morgan fingerprint density at radius 2 is 2.19 bits per heavy atom. The van der Waals surface area contributed by atoms with Crippen LogP contribution in [0.2, 0.25) is 0 Å². The zero-order chi connectivity index (χ0) is 11.1. The standard InChI is InChI=1S/C11H9N3OS/c1-7-6-12-11-14(7)10(15)13-8-4-2-3-5-9(8)16-11/h2-6H,1H3,(H,13,15). The van der Waals surface area contributed by atoms with Crippen LogP contribution in [0.1, 0.15) is 5.69 Å². The number of hydrogen-bond donors (Lipinski definition) is 1. The molecule has 1 aromatic carbocycles. The SMILES string of the molecule is Cc1cnc2n1C(=O)Nc1ccccc1S2. The molecule has 3 rings (SSSR count). The zero-order valence-electron chi connectivity index (χ0n) is 8.60. The first kappa shape index (κ1) is 9.47. The largest absolute Gasteiger partial charge is 0.332 e. The van der Waals surface area contributed by atoms with Gasteiger partial charge in [0.2, 0.25) is 0 Å². The highest BCUT2D eigenvalue weighted by molar-refractivity contribution is 7.99. The van der Waals surface area contributed by atoms with E-state index in [9.17, 15) is 4.79 Å². The molecule has 0 saturated heterocycles. The molecule has 0 bridgehead atoms. The Morgan fingerprint density at radius 1 is 1.38 bits per heavy atom. The zero-order valence-corrected chi connectivity index (χ0v) is 9.41. The van der Waals surface area contributed by atoms with Crippen molar-refractivity contribution >= 4 is 23.5 Å². The van der Waals surface area contributed by atoms with Gasteiger partial charge in [0, 0.05) is 16.8 Å². The molecule has 2 aromatic rings. The van der Waals surface area contributed by atoms with Gasteiger partial charge in [-0.25, -0.2) is 14.3 Å². The van der Waals surface area contributed by atoms with E-state index < -0.39 is 0 Å². The lowest BCUT2D eigenvalue weighted by molar-refractivity contribution is 0.251. The van der Waals surface area contributed by atoms with Crippen molar-refractivity contribution in [2.45, 2.75) is 17.0 Å². The van der Waals surface area contributed by atoms with E-state index in [0.717, 1.165) is 16.3 Å². The van der Waals surface area contributed by atoms with E-state index in [-0.39, 0.29) is 6.03 Å². The minimum atomic E-state index is -0.151. The maximum atomic E-state index is 11.9. The molecule has 1 aliphatic rings. The molecule has 0 radical (unpaired) electrons. The fourth-order valence-corrected chi connectivity index (χ4v) is 2.66. The maximum absolute atomic E-state index is 11.9. The number of aromatic nitrogens is 2. The van der Waals surface area contributed by atoms with Crippen LogP contribution in [0.5, 0.6) is 0 Å². The van der Waals surface area contributed by atoms with Crippen LogP contribution in [0, 0.1) is 6.92 Å². The van der Waals surface area contributed by atoms with Crippen LogP contribution in [0.3, 0.4) is 0 Å². The Kier molecular flexibility index (Phi) is 2.00. The van der Waals surface area contributed by atoms with Gasteiger partial charge in [-0.2, -0.15) is 0 Å². The van der Waals surface area contributed by atoms with Crippen molar-refractivity contribution in [3.05, 3.63) is 36.2 Å². The predicted molar refractivity (Wildman–Crippen MR) is 61.9 cm³/mol. The second-order valence-electron chi connectivity index (χ2n) is 3.55. The molecule has 5 heteroatoms. The van der Waals surface area contributed by atoms with Gasteiger partial charge in [0.05, 0.1) is 5.69 Å². The summed E-state index contributed by atoms with van der Waals surface area (Å²) in [5.41, 5.74) is 1.68. The summed E-state index contributed by atoms with van der Waals surface area (Å²) in [7, 11) is 0. The Balaban J connectivity index is 2.19. The average Bonchev–Trinajstić information content (AvgIpc) is 2.56. The van der Waals surface area contributed by atoms with Crippen molar-refractivity contribution in [1.29, 1.82) is 0 Å². The first-order valence-electron chi connectivity index (χ1n) is 4.88. The number of amides is 1. The van der Waals surface area contributed by atoms with Gasteiger partial charge >= 0.3 is 6.03 Å². The van der Waals surface area contributed by atoms with Gasteiger partial charge in [-0.05, 0) is 30.8 Å². The van der Waals surface area contributed by atoms with E-state index in [1.54, 1.807) is 10.8 Å². The highest BCUT2D eigenvalue weighted by Gasteiger charge is 2.21. The molecule has 0 unspecified atom stereocenters. The van der Waals surface area contributed by atoms with Gasteiger partial charge in [-0.1, -0.05) is 12.1 Å². The molecule has 80 valence electrons. The van der Waals surface area contributed by atoms with Gasteiger partial charge in [0.15, 0.2) is 5.16 Å². The van der Waals surface area contributed by atoms with Crippen molar-refractivity contribution in [3.8, 4) is 0 Å². The van der Waals surface area contributed by atoms with E-state index in [1.807, 2.05) is 31.2 Å². The number of aryl methyl sites for hydroxylation is 1. The molecular formula is C11H9N3OS. The van der Waals surface area contributed by atoms with E-state index in [0.29, 0.717) is 5.16 Å². The molecule has 0 atom stereocenters. The summed E-state index contributed by atoms with van der Waals surface area (Å²) in [6.45, 7) is 1.87. The van der Waals surface area contributed by atoms with Gasteiger partial charge in [0.25, 0.3) is 0 Å². The normalized spacial score (nSPS) is 13.7. The summed E-state index contributed by atoms with van der Waals surface area (Å²) in [5, 5.41) is 3.58. The van der Waals surface area contributed by atoms with Gasteiger partial charge in [0.1, 0.15) is 0 Å². The van der Waals surface area contributed by atoms with Crippen LogP contribution in [0.4, 0.5) is 10.5 Å². The number of nitrogens with zero attached hydrogens (tertiary/aromatic N) is 2. The predicted octanol–water partition coefficient (Wildman–Crippen LogP) is 2.74. The highest BCUT2D eigenvalue weighted by atomic mass is 32.2. The van der Waals surface area contributed by atoms with E-state index in [1.165, 1.54) is 11.8 Å². The molecule has 2 heterocycles. The first-order chi connectivity index (χ1) is 7.75. The Hall–Kier alpha value is -1.75. The molecule has 16 heavy (non-hydrogen) atoms. The van der Waals surface area contributed by atoms with Crippen LogP contribution in [0.25, 0.3) is 0 Å². The summed E-state index contributed by atoms with van der Waals surface area (Å²) < 4.78 is 1.59. The number of imidazole rings is 1. The van der Waals surface area contributed by atoms with E-state index in [4.69, 9.17) is 0 Å². The lowest BCUT2D eigenvalue weighted by Crippen LogP contribution is -2.19. The number of carbonyl (C=O) groups excluding carboxylic acids is 1. The topological polar surface area (TPSA) is 46.9 Å². The number of fused-ring (bicyclic) bond motifs is 2. The Morgan fingerprint density at radius 3 is 3.06 bits per heavy atom.